The van der Waals surface area contributed by atoms with E-state index in [2.05, 4.69) is 48.1 Å². The zero-order chi connectivity index (χ0) is 24.5. The molecule has 0 unspecified atom stereocenters. The van der Waals surface area contributed by atoms with E-state index >= 15 is 0 Å². The Labute approximate surface area is 206 Å². The zero-order valence-corrected chi connectivity index (χ0v) is 20.5. The van der Waals surface area contributed by atoms with Crippen molar-refractivity contribution >= 4 is 22.7 Å². The van der Waals surface area contributed by atoms with Gasteiger partial charge >= 0.3 is 0 Å². The summed E-state index contributed by atoms with van der Waals surface area (Å²) in [4.78, 5) is 28.4. The van der Waals surface area contributed by atoms with E-state index in [0.717, 1.165) is 40.6 Å². The number of aryl methyl sites for hydroxylation is 2. The number of aromatic nitrogens is 1. The summed E-state index contributed by atoms with van der Waals surface area (Å²) in [6.45, 7) is 4.13. The van der Waals surface area contributed by atoms with Crippen molar-refractivity contribution in [2.24, 2.45) is 7.05 Å². The van der Waals surface area contributed by atoms with Crippen LogP contribution in [-0.4, -0.2) is 33.9 Å². The number of fused-ring (bicyclic) bond motifs is 2. The molecule has 1 N–H and O–H groups in total. The Kier molecular flexibility index (Phi) is 6.16. The van der Waals surface area contributed by atoms with Crippen LogP contribution in [0.4, 0.5) is 0 Å². The first kappa shape index (κ1) is 22.9. The summed E-state index contributed by atoms with van der Waals surface area (Å²) in [6.07, 6.45) is 1.74. The summed E-state index contributed by atoms with van der Waals surface area (Å²) in [5, 5.41) is 4.23. The molecule has 0 saturated carbocycles. The van der Waals surface area contributed by atoms with Gasteiger partial charge in [0.05, 0.1) is 6.04 Å². The Morgan fingerprint density at radius 1 is 0.971 bits per heavy atom. The van der Waals surface area contributed by atoms with Crippen LogP contribution in [0.2, 0.25) is 0 Å². The van der Waals surface area contributed by atoms with Crippen molar-refractivity contribution in [3.05, 3.63) is 107 Å². The lowest BCUT2D eigenvalue weighted by Gasteiger charge is -2.26. The second kappa shape index (κ2) is 9.41. The van der Waals surface area contributed by atoms with E-state index in [1.54, 1.807) is 4.90 Å². The van der Waals surface area contributed by atoms with E-state index in [4.69, 9.17) is 0 Å². The number of amides is 2. The predicted octanol–water partition coefficient (Wildman–Crippen LogP) is 5.17. The summed E-state index contributed by atoms with van der Waals surface area (Å²) in [7, 11) is 2.05. The number of rotatable bonds is 7. The number of para-hydroxylation sites is 1. The number of hydrogen-bond donors (Lipinski definition) is 1. The van der Waals surface area contributed by atoms with Gasteiger partial charge in [-0.3, -0.25) is 9.59 Å². The van der Waals surface area contributed by atoms with Gasteiger partial charge in [0.2, 0.25) is 5.91 Å². The molecule has 1 aromatic heterocycles. The Morgan fingerprint density at radius 3 is 2.46 bits per heavy atom. The number of nitrogens with zero attached hydrogens (tertiary/aromatic N) is 2. The van der Waals surface area contributed by atoms with Crippen LogP contribution in [0.15, 0.2) is 78.9 Å². The Morgan fingerprint density at radius 2 is 1.66 bits per heavy atom. The average molecular weight is 466 g/mol. The van der Waals surface area contributed by atoms with E-state index in [-0.39, 0.29) is 30.4 Å². The lowest BCUT2D eigenvalue weighted by Crippen LogP contribution is -2.42. The van der Waals surface area contributed by atoms with Crippen molar-refractivity contribution in [3.8, 4) is 0 Å². The molecule has 2 heterocycles. The fourth-order valence-electron chi connectivity index (χ4n) is 5.31. The molecule has 4 aromatic rings. The van der Waals surface area contributed by atoms with Crippen LogP contribution in [0, 0.1) is 6.92 Å². The lowest BCUT2D eigenvalue weighted by molar-refractivity contribution is -0.122. The van der Waals surface area contributed by atoms with Gasteiger partial charge in [0.25, 0.3) is 5.91 Å². The fraction of sp³-hybridized carbons (Fsp3) is 0.267. The van der Waals surface area contributed by atoms with Crippen molar-refractivity contribution in [2.75, 3.05) is 6.54 Å². The molecule has 3 aromatic carbocycles. The summed E-state index contributed by atoms with van der Waals surface area (Å²) in [5.74, 6) is -0.223. The van der Waals surface area contributed by atoms with Gasteiger partial charge in [0.1, 0.15) is 6.54 Å². The van der Waals surface area contributed by atoms with Gasteiger partial charge in [-0.2, -0.15) is 0 Å². The topological polar surface area (TPSA) is 54.3 Å². The zero-order valence-electron chi connectivity index (χ0n) is 20.5. The molecule has 0 aliphatic carbocycles. The monoisotopic (exact) mass is 465 g/mol. The number of nitrogens with one attached hydrogen (secondary N) is 1. The third kappa shape index (κ3) is 4.23. The summed E-state index contributed by atoms with van der Waals surface area (Å²) in [5.41, 5.74) is 6.20. The number of carbonyl (C=O) groups excluding carboxylic acids is 2. The maximum Gasteiger partial charge on any atom is 0.255 e. The summed E-state index contributed by atoms with van der Waals surface area (Å²) in [6, 6.07) is 26.0. The van der Waals surface area contributed by atoms with Gasteiger partial charge in [-0.15, -0.1) is 0 Å². The quantitative estimate of drug-likeness (QED) is 0.409. The van der Waals surface area contributed by atoms with Crippen LogP contribution in [0.3, 0.4) is 0 Å². The maximum absolute atomic E-state index is 13.5. The first-order chi connectivity index (χ1) is 17.0. The number of hydrogen-bond acceptors (Lipinski definition) is 2. The SMILES string of the molecule is Cc1c([C@H]2c3ccccc3C(=O)N2CC(=O)N[C@H](C)CCc2ccccc2)c2ccccc2n1C. The Balaban J connectivity index is 1.41. The minimum Gasteiger partial charge on any atom is -0.352 e. The normalized spacial score (nSPS) is 15.9. The second-order valence-electron chi connectivity index (χ2n) is 9.49. The van der Waals surface area contributed by atoms with Crippen LogP contribution >= 0.6 is 0 Å². The smallest absolute Gasteiger partial charge is 0.255 e. The molecule has 5 heteroatoms. The molecule has 2 amide bonds. The third-order valence-corrected chi connectivity index (χ3v) is 7.21. The van der Waals surface area contributed by atoms with Crippen molar-refractivity contribution in [1.29, 1.82) is 0 Å². The molecule has 0 radical (unpaired) electrons. The highest BCUT2D eigenvalue weighted by Crippen LogP contribution is 2.43. The minimum atomic E-state index is -0.296. The lowest BCUT2D eigenvalue weighted by atomic mass is 9.95. The van der Waals surface area contributed by atoms with E-state index in [1.165, 1.54) is 5.56 Å². The van der Waals surface area contributed by atoms with Gasteiger partial charge in [-0.05, 0) is 49.9 Å². The van der Waals surface area contributed by atoms with Crippen LogP contribution in [0.25, 0.3) is 10.9 Å². The largest absolute Gasteiger partial charge is 0.352 e. The molecule has 35 heavy (non-hydrogen) atoms. The van der Waals surface area contributed by atoms with E-state index in [0.29, 0.717) is 5.56 Å². The molecule has 5 rings (SSSR count). The van der Waals surface area contributed by atoms with Gasteiger partial charge in [0.15, 0.2) is 0 Å². The van der Waals surface area contributed by atoms with Gasteiger partial charge in [-0.25, -0.2) is 0 Å². The third-order valence-electron chi connectivity index (χ3n) is 7.21. The molecule has 0 fully saturated rings. The molecule has 1 aliphatic heterocycles. The van der Waals surface area contributed by atoms with Crippen LogP contribution in [0.5, 0.6) is 0 Å². The molecular formula is C30H31N3O2. The molecular weight excluding hydrogens is 434 g/mol. The van der Waals surface area contributed by atoms with Gasteiger partial charge < -0.3 is 14.8 Å². The highest BCUT2D eigenvalue weighted by Gasteiger charge is 2.40. The predicted molar refractivity (Wildman–Crippen MR) is 139 cm³/mol. The number of benzene rings is 3. The van der Waals surface area contributed by atoms with Crippen molar-refractivity contribution < 1.29 is 9.59 Å². The van der Waals surface area contributed by atoms with Gasteiger partial charge in [0, 0.05) is 40.8 Å². The highest BCUT2D eigenvalue weighted by molar-refractivity contribution is 6.02. The van der Waals surface area contributed by atoms with E-state index in [1.807, 2.05) is 61.5 Å². The Hall–Kier alpha value is -3.86. The van der Waals surface area contributed by atoms with Crippen LogP contribution in [0.1, 0.15) is 52.1 Å². The van der Waals surface area contributed by atoms with Crippen LogP contribution < -0.4 is 5.32 Å². The summed E-state index contributed by atoms with van der Waals surface area (Å²) < 4.78 is 2.17. The van der Waals surface area contributed by atoms with Crippen LogP contribution in [-0.2, 0) is 18.3 Å². The van der Waals surface area contributed by atoms with E-state index < -0.39 is 0 Å². The molecule has 1 aliphatic rings. The van der Waals surface area contributed by atoms with Gasteiger partial charge in [-0.1, -0.05) is 66.7 Å². The first-order valence-corrected chi connectivity index (χ1v) is 12.2. The maximum atomic E-state index is 13.5. The standard InChI is InChI=1S/C30H31N3O2/c1-20(17-18-22-11-5-4-6-12-22)31-27(34)19-33-29(23-13-7-8-14-24(23)30(33)35)28-21(2)32(3)26-16-10-9-15-25(26)28/h4-16,20,29H,17-19H2,1-3H3,(H,31,34)/t20-,29-/m1/s1. The first-order valence-electron chi connectivity index (χ1n) is 12.2. The van der Waals surface area contributed by atoms with Crippen molar-refractivity contribution in [3.63, 3.8) is 0 Å². The highest BCUT2D eigenvalue weighted by atomic mass is 16.2. The fourth-order valence-corrected chi connectivity index (χ4v) is 5.31. The Bertz CT molecular complexity index is 1390. The average Bonchev–Trinajstić information content (AvgIpc) is 3.28. The molecule has 0 bridgehead atoms. The molecule has 178 valence electrons. The molecule has 2 atom stereocenters. The minimum absolute atomic E-state index is 0.0144. The summed E-state index contributed by atoms with van der Waals surface area (Å²) >= 11 is 0. The molecule has 0 saturated heterocycles. The molecule has 0 spiro atoms. The van der Waals surface area contributed by atoms with Crippen molar-refractivity contribution in [2.45, 2.75) is 38.8 Å². The van der Waals surface area contributed by atoms with E-state index in [9.17, 15) is 9.59 Å². The number of carbonyl (C=O) groups is 2. The van der Waals surface area contributed by atoms with Crippen molar-refractivity contribution in [1.82, 2.24) is 14.8 Å². The second-order valence-corrected chi connectivity index (χ2v) is 9.49. The molecule has 5 nitrogen and oxygen atoms in total.